The summed E-state index contributed by atoms with van der Waals surface area (Å²) in [7, 11) is 0. The lowest BCUT2D eigenvalue weighted by Gasteiger charge is -1.74. The standard InChI is InChI=1S/C4H5N3/c1-4-2-3-5-7-6-4/h2-3H,1H3/q+1. The highest BCUT2D eigenvalue weighted by molar-refractivity contribution is 5.92. The molecular weight excluding hydrogens is 90.1 g/mol. The normalized spacial score (nSPS) is 17.0. The summed E-state index contributed by atoms with van der Waals surface area (Å²) in [6, 6.07) is 0. The fraction of sp³-hybridized carbons (Fsp3) is 0.250. The molecule has 1 rings (SSSR count). The summed E-state index contributed by atoms with van der Waals surface area (Å²) in [5.41, 5.74) is 0.898. The van der Waals surface area contributed by atoms with Gasteiger partial charge in [0, 0.05) is 0 Å². The second-order valence-electron chi connectivity index (χ2n) is 1.26. The highest BCUT2D eigenvalue weighted by Gasteiger charge is 1.95. The molecule has 0 saturated heterocycles. The van der Waals surface area contributed by atoms with Crippen LogP contribution in [-0.2, 0) is 0 Å². The molecule has 0 N–H and O–H groups in total. The van der Waals surface area contributed by atoms with Gasteiger partial charge in [-0.1, -0.05) is 0 Å². The van der Waals surface area contributed by atoms with E-state index in [0.29, 0.717) is 0 Å². The zero-order valence-corrected chi connectivity index (χ0v) is 4.00. The molecular formula is C4H5N3+. The predicted molar refractivity (Wildman–Crippen MR) is 26.8 cm³/mol. The molecule has 0 saturated carbocycles. The Bertz CT molecular complexity index is 143. The largest absolute Gasteiger partial charge is 0.360 e. The number of allylic oxidation sites excluding steroid dienone is 1. The van der Waals surface area contributed by atoms with Gasteiger partial charge in [-0.25, -0.2) is 0 Å². The van der Waals surface area contributed by atoms with Crippen molar-refractivity contribution in [1.29, 1.82) is 0 Å². The Balaban J connectivity index is 2.82. The van der Waals surface area contributed by atoms with E-state index in [0.717, 1.165) is 5.71 Å². The van der Waals surface area contributed by atoms with Gasteiger partial charge in [-0.3, -0.25) is 0 Å². The first kappa shape index (κ1) is 4.18. The molecule has 0 aromatic rings. The number of hydrogen-bond acceptors (Lipinski definition) is 3. The highest BCUT2D eigenvalue weighted by atomic mass is 15.4. The van der Waals surface area contributed by atoms with Crippen molar-refractivity contribution in [2.24, 2.45) is 10.2 Å². The van der Waals surface area contributed by atoms with E-state index in [4.69, 9.17) is 0 Å². The first-order valence-corrected chi connectivity index (χ1v) is 2.00. The summed E-state index contributed by atoms with van der Waals surface area (Å²) in [6.45, 7) is 1.87. The molecule has 3 nitrogen and oxygen atoms in total. The first-order valence-electron chi connectivity index (χ1n) is 2.00. The van der Waals surface area contributed by atoms with E-state index in [-0.39, 0.29) is 0 Å². The predicted octanol–water partition coefficient (Wildman–Crippen LogP) is 0.678. The summed E-state index contributed by atoms with van der Waals surface area (Å²) >= 11 is 0. The molecule has 0 aromatic heterocycles. The van der Waals surface area contributed by atoms with Gasteiger partial charge in [0.1, 0.15) is 11.9 Å². The smallest absolute Gasteiger partial charge is 0.0157 e. The van der Waals surface area contributed by atoms with Crippen LogP contribution < -0.4 is 5.22 Å². The fourth-order valence-electron chi connectivity index (χ4n) is 0.301. The monoisotopic (exact) mass is 95.0 g/mol. The molecule has 0 aromatic carbocycles. The van der Waals surface area contributed by atoms with Gasteiger partial charge < -0.3 is 0 Å². The lowest BCUT2D eigenvalue weighted by atomic mass is 10.4. The molecule has 35 valence electrons. The average Bonchev–Trinajstić information content (AvgIpc) is 1.69. The molecule has 0 spiro atoms. The maximum absolute atomic E-state index is 3.62. The quantitative estimate of drug-likeness (QED) is 0.424. The number of hydrogen-bond donors (Lipinski definition) is 0. The number of nitrogens with zero attached hydrogens (tertiary/aromatic N) is 3. The van der Waals surface area contributed by atoms with Crippen LogP contribution in [0.25, 0.3) is 0 Å². The Morgan fingerprint density at radius 2 is 2.57 bits per heavy atom. The fourth-order valence-corrected chi connectivity index (χ4v) is 0.301. The Kier molecular flexibility index (Phi) is 0.978. The van der Waals surface area contributed by atoms with Gasteiger partial charge in [-0.05, 0) is 13.0 Å². The summed E-state index contributed by atoms with van der Waals surface area (Å²) in [5, 5.41) is 10.5. The Hall–Kier alpha value is -0.990. The van der Waals surface area contributed by atoms with Crippen LogP contribution in [0.2, 0.25) is 0 Å². The maximum Gasteiger partial charge on any atom is 0.360 e. The van der Waals surface area contributed by atoms with Crippen LogP contribution in [0.3, 0.4) is 0 Å². The van der Waals surface area contributed by atoms with Crippen molar-refractivity contribution >= 4 is 5.71 Å². The van der Waals surface area contributed by atoms with Gasteiger partial charge in [0.25, 0.3) is 0 Å². The van der Waals surface area contributed by atoms with Crippen LogP contribution in [-0.4, -0.2) is 5.71 Å². The van der Waals surface area contributed by atoms with Gasteiger partial charge in [-0.15, -0.1) is 0 Å². The van der Waals surface area contributed by atoms with Crippen LogP contribution >= 0.6 is 0 Å². The Morgan fingerprint density at radius 1 is 1.71 bits per heavy atom. The van der Waals surface area contributed by atoms with Crippen molar-refractivity contribution in [3.8, 4) is 0 Å². The van der Waals surface area contributed by atoms with E-state index >= 15 is 0 Å². The molecule has 1 radical (unpaired) electrons. The molecule has 7 heavy (non-hydrogen) atoms. The molecule has 0 bridgehead atoms. The Labute approximate surface area is 41.5 Å². The molecule has 0 atom stereocenters. The lowest BCUT2D eigenvalue weighted by Crippen LogP contribution is -1.89. The minimum absolute atomic E-state index is 0.898. The van der Waals surface area contributed by atoms with E-state index in [1.807, 2.05) is 6.92 Å². The van der Waals surface area contributed by atoms with Crippen LogP contribution in [0.5, 0.6) is 0 Å². The van der Waals surface area contributed by atoms with Crippen LogP contribution in [0.4, 0.5) is 0 Å². The zero-order valence-electron chi connectivity index (χ0n) is 4.00. The Morgan fingerprint density at radius 3 is 2.86 bits per heavy atom. The van der Waals surface area contributed by atoms with E-state index < -0.39 is 0 Å². The molecule has 0 aliphatic carbocycles. The lowest BCUT2D eigenvalue weighted by molar-refractivity contribution is 0.913. The molecule has 1 aliphatic heterocycles. The molecule has 0 unspecified atom stereocenters. The SMILES string of the molecule is CC1=N[N+]=NC=C1. The maximum atomic E-state index is 3.62. The van der Waals surface area contributed by atoms with Crippen molar-refractivity contribution in [3.63, 3.8) is 0 Å². The second kappa shape index (κ2) is 1.64. The summed E-state index contributed by atoms with van der Waals surface area (Å²) < 4.78 is 0. The van der Waals surface area contributed by atoms with Crippen molar-refractivity contribution in [1.82, 2.24) is 5.22 Å². The molecule has 0 fully saturated rings. The van der Waals surface area contributed by atoms with Crippen molar-refractivity contribution < 1.29 is 0 Å². The minimum Gasteiger partial charge on any atom is -0.0157 e. The average molecular weight is 95.1 g/mol. The van der Waals surface area contributed by atoms with Gasteiger partial charge in [0.2, 0.25) is 0 Å². The summed E-state index contributed by atoms with van der Waals surface area (Å²) in [6.07, 6.45) is 3.41. The molecule has 1 heterocycles. The van der Waals surface area contributed by atoms with Crippen molar-refractivity contribution in [2.75, 3.05) is 0 Å². The van der Waals surface area contributed by atoms with E-state index in [2.05, 4.69) is 15.4 Å². The van der Waals surface area contributed by atoms with Gasteiger partial charge >= 0.3 is 5.22 Å². The molecule has 0 amide bonds. The van der Waals surface area contributed by atoms with Gasteiger partial charge in [0.15, 0.2) is 0 Å². The third kappa shape index (κ3) is 0.924. The summed E-state index contributed by atoms with van der Waals surface area (Å²) in [4.78, 5) is 0. The van der Waals surface area contributed by atoms with Gasteiger partial charge in [0.05, 0.1) is 10.2 Å². The summed E-state index contributed by atoms with van der Waals surface area (Å²) in [5.74, 6) is 0. The van der Waals surface area contributed by atoms with Gasteiger partial charge in [-0.2, -0.15) is 0 Å². The number of rotatable bonds is 0. The zero-order chi connectivity index (χ0) is 5.11. The van der Waals surface area contributed by atoms with E-state index in [1.165, 1.54) is 0 Å². The first-order chi connectivity index (χ1) is 3.39. The van der Waals surface area contributed by atoms with E-state index in [1.54, 1.807) is 12.3 Å². The molecule has 1 aliphatic rings. The van der Waals surface area contributed by atoms with Crippen LogP contribution in [0.15, 0.2) is 22.5 Å². The van der Waals surface area contributed by atoms with Crippen molar-refractivity contribution in [3.05, 3.63) is 12.3 Å². The van der Waals surface area contributed by atoms with Crippen LogP contribution in [0, 0.1) is 0 Å². The third-order valence-electron chi connectivity index (χ3n) is 0.637. The molecule has 3 heteroatoms. The topological polar surface area (TPSA) is 38.8 Å². The van der Waals surface area contributed by atoms with Crippen molar-refractivity contribution in [2.45, 2.75) is 6.92 Å². The third-order valence-corrected chi connectivity index (χ3v) is 0.637. The second-order valence-corrected chi connectivity index (χ2v) is 1.26. The minimum atomic E-state index is 0.898. The van der Waals surface area contributed by atoms with E-state index in [9.17, 15) is 0 Å². The highest BCUT2D eigenvalue weighted by Crippen LogP contribution is 1.83. The van der Waals surface area contributed by atoms with Crippen LogP contribution in [0.1, 0.15) is 6.92 Å².